The van der Waals surface area contributed by atoms with Gasteiger partial charge >= 0.3 is 0 Å². The maximum absolute atomic E-state index is 10.4. The molecule has 0 aliphatic heterocycles. The van der Waals surface area contributed by atoms with Crippen molar-refractivity contribution in [3.8, 4) is 0 Å². The minimum atomic E-state index is 0.379. The van der Waals surface area contributed by atoms with Crippen molar-refractivity contribution >= 4 is 28.4 Å². The lowest BCUT2D eigenvalue weighted by molar-refractivity contribution is 0.112. The third-order valence-electron chi connectivity index (χ3n) is 1.84. The first kappa shape index (κ1) is 9.79. The van der Waals surface area contributed by atoms with Crippen LogP contribution in [0.1, 0.15) is 15.4 Å². The van der Waals surface area contributed by atoms with Crippen molar-refractivity contribution in [2.45, 2.75) is 6.92 Å². The van der Waals surface area contributed by atoms with E-state index in [4.69, 9.17) is 0 Å². The molecule has 0 bridgehead atoms. The van der Waals surface area contributed by atoms with Gasteiger partial charge in [-0.1, -0.05) is 29.0 Å². The molecule has 1 aromatic heterocycles. The van der Waals surface area contributed by atoms with E-state index in [1.807, 2.05) is 31.2 Å². The molecule has 2 aromatic rings. The smallest absolute Gasteiger partial charge is 0.210 e. The number of aldehydes is 1. The second kappa shape index (κ2) is 4.18. The van der Waals surface area contributed by atoms with Crippen LogP contribution < -0.4 is 5.32 Å². The van der Waals surface area contributed by atoms with Gasteiger partial charge in [0.1, 0.15) is 0 Å². The molecule has 2 rings (SSSR count). The Morgan fingerprint density at radius 3 is 2.60 bits per heavy atom. The summed E-state index contributed by atoms with van der Waals surface area (Å²) in [5.41, 5.74) is 2.14. The van der Waals surface area contributed by atoms with Gasteiger partial charge in [-0.25, -0.2) is 0 Å². The van der Waals surface area contributed by atoms with E-state index >= 15 is 0 Å². The van der Waals surface area contributed by atoms with Gasteiger partial charge in [0.2, 0.25) is 5.13 Å². The van der Waals surface area contributed by atoms with Gasteiger partial charge in [0.15, 0.2) is 11.3 Å². The second-order valence-corrected chi connectivity index (χ2v) is 4.06. The van der Waals surface area contributed by atoms with Crippen LogP contribution >= 0.6 is 11.3 Å². The van der Waals surface area contributed by atoms with E-state index in [2.05, 4.69) is 15.5 Å². The fourth-order valence-corrected chi connectivity index (χ4v) is 1.67. The summed E-state index contributed by atoms with van der Waals surface area (Å²) in [4.78, 5) is 10.4. The summed E-state index contributed by atoms with van der Waals surface area (Å²) in [6, 6.07) is 7.92. The van der Waals surface area contributed by atoms with Crippen LogP contribution in [0.3, 0.4) is 0 Å². The first-order chi connectivity index (χ1) is 7.28. The number of aromatic nitrogens is 2. The van der Waals surface area contributed by atoms with Crippen molar-refractivity contribution in [3.05, 3.63) is 34.8 Å². The highest BCUT2D eigenvalue weighted by atomic mass is 32.1. The summed E-state index contributed by atoms with van der Waals surface area (Å²) >= 11 is 1.23. The van der Waals surface area contributed by atoms with Crippen LogP contribution in [-0.4, -0.2) is 16.5 Å². The number of carbonyl (C=O) groups is 1. The summed E-state index contributed by atoms with van der Waals surface area (Å²) in [6.07, 6.45) is 0.692. The maximum Gasteiger partial charge on any atom is 0.210 e. The predicted molar refractivity (Wildman–Crippen MR) is 59.8 cm³/mol. The first-order valence-corrected chi connectivity index (χ1v) is 5.22. The highest BCUT2D eigenvalue weighted by Gasteiger charge is 2.02. The zero-order chi connectivity index (χ0) is 10.7. The molecule has 0 unspecified atom stereocenters. The summed E-state index contributed by atoms with van der Waals surface area (Å²) < 4.78 is 0. The van der Waals surface area contributed by atoms with Gasteiger partial charge in [-0.2, -0.15) is 0 Å². The minimum absolute atomic E-state index is 0.379. The molecular formula is C10H9N3OS. The zero-order valence-electron chi connectivity index (χ0n) is 8.10. The lowest BCUT2D eigenvalue weighted by Gasteiger charge is -2.00. The Balaban J connectivity index is 2.14. The number of nitrogens with zero attached hydrogens (tertiary/aromatic N) is 2. The molecule has 76 valence electrons. The van der Waals surface area contributed by atoms with Gasteiger partial charge in [-0.15, -0.1) is 10.2 Å². The third kappa shape index (κ3) is 2.38. The fraction of sp³-hybridized carbons (Fsp3) is 0.100. The zero-order valence-corrected chi connectivity index (χ0v) is 8.91. The molecule has 0 radical (unpaired) electrons. The standard InChI is InChI=1S/C10H9N3OS/c1-7-2-4-8(5-3-7)11-10-13-12-9(6-14)15-10/h2-6H,1H3,(H,11,13). The number of aryl methyl sites for hydroxylation is 1. The van der Waals surface area contributed by atoms with E-state index in [0.717, 1.165) is 5.69 Å². The Morgan fingerprint density at radius 1 is 1.27 bits per heavy atom. The van der Waals surface area contributed by atoms with E-state index in [1.54, 1.807) is 0 Å². The molecule has 15 heavy (non-hydrogen) atoms. The van der Waals surface area contributed by atoms with Gasteiger partial charge < -0.3 is 5.32 Å². The largest absolute Gasteiger partial charge is 0.330 e. The summed E-state index contributed by atoms with van der Waals surface area (Å²) in [6.45, 7) is 2.03. The van der Waals surface area contributed by atoms with Gasteiger partial charge in [-0.05, 0) is 19.1 Å². The average Bonchev–Trinajstić information content (AvgIpc) is 2.69. The fourth-order valence-electron chi connectivity index (χ4n) is 1.09. The van der Waals surface area contributed by atoms with Crippen LogP contribution in [0.5, 0.6) is 0 Å². The Hall–Kier alpha value is -1.75. The number of hydrogen-bond donors (Lipinski definition) is 1. The number of anilines is 2. The molecule has 0 spiro atoms. The van der Waals surface area contributed by atoms with Crippen molar-refractivity contribution in [1.29, 1.82) is 0 Å². The molecule has 0 fully saturated rings. The van der Waals surface area contributed by atoms with Crippen molar-refractivity contribution in [1.82, 2.24) is 10.2 Å². The molecule has 0 atom stereocenters. The molecule has 0 aliphatic carbocycles. The molecule has 1 N–H and O–H groups in total. The van der Waals surface area contributed by atoms with Gasteiger partial charge in [0.25, 0.3) is 0 Å². The average molecular weight is 219 g/mol. The number of benzene rings is 1. The van der Waals surface area contributed by atoms with Gasteiger partial charge in [0, 0.05) is 5.69 Å². The van der Waals surface area contributed by atoms with Crippen molar-refractivity contribution < 1.29 is 4.79 Å². The van der Waals surface area contributed by atoms with E-state index in [-0.39, 0.29) is 0 Å². The Morgan fingerprint density at radius 2 is 2.00 bits per heavy atom. The van der Waals surface area contributed by atoms with Crippen LogP contribution in [0.4, 0.5) is 10.8 Å². The summed E-state index contributed by atoms with van der Waals surface area (Å²) in [7, 11) is 0. The Bertz CT molecular complexity index is 464. The van der Waals surface area contributed by atoms with Crippen molar-refractivity contribution in [2.75, 3.05) is 5.32 Å². The Labute approximate surface area is 91.0 Å². The summed E-state index contributed by atoms with van der Waals surface area (Å²) in [5, 5.41) is 11.6. The predicted octanol–water partition coefficient (Wildman–Crippen LogP) is 2.40. The lowest BCUT2D eigenvalue weighted by Crippen LogP contribution is -1.88. The molecule has 4 nitrogen and oxygen atoms in total. The minimum Gasteiger partial charge on any atom is -0.330 e. The van der Waals surface area contributed by atoms with E-state index in [1.165, 1.54) is 16.9 Å². The molecule has 0 saturated carbocycles. The SMILES string of the molecule is Cc1ccc(Nc2nnc(C=O)s2)cc1. The monoisotopic (exact) mass is 219 g/mol. The number of hydrogen-bond acceptors (Lipinski definition) is 5. The topological polar surface area (TPSA) is 54.9 Å². The lowest BCUT2D eigenvalue weighted by atomic mass is 10.2. The molecule has 5 heteroatoms. The molecular weight excluding hydrogens is 210 g/mol. The number of nitrogens with one attached hydrogen (secondary N) is 1. The van der Waals surface area contributed by atoms with Crippen molar-refractivity contribution in [2.24, 2.45) is 0 Å². The quantitative estimate of drug-likeness (QED) is 0.805. The molecule has 0 saturated heterocycles. The van der Waals surface area contributed by atoms with Gasteiger partial charge in [0.05, 0.1) is 0 Å². The van der Waals surface area contributed by atoms with Crippen molar-refractivity contribution in [3.63, 3.8) is 0 Å². The normalized spacial score (nSPS) is 9.93. The molecule has 0 aliphatic rings. The third-order valence-corrected chi connectivity index (χ3v) is 2.61. The molecule has 0 amide bonds. The van der Waals surface area contributed by atoms with Crippen LogP contribution in [0.2, 0.25) is 0 Å². The van der Waals surface area contributed by atoms with Crippen LogP contribution in [0.25, 0.3) is 0 Å². The number of rotatable bonds is 3. The maximum atomic E-state index is 10.4. The second-order valence-electron chi connectivity index (χ2n) is 3.05. The summed E-state index contributed by atoms with van der Waals surface area (Å²) in [5.74, 6) is 0. The van der Waals surface area contributed by atoms with Crippen LogP contribution in [-0.2, 0) is 0 Å². The van der Waals surface area contributed by atoms with Crippen LogP contribution in [0, 0.1) is 6.92 Å². The highest BCUT2D eigenvalue weighted by molar-refractivity contribution is 7.16. The van der Waals surface area contributed by atoms with Crippen LogP contribution in [0.15, 0.2) is 24.3 Å². The van der Waals surface area contributed by atoms with E-state index in [0.29, 0.717) is 16.4 Å². The van der Waals surface area contributed by atoms with E-state index < -0.39 is 0 Å². The first-order valence-electron chi connectivity index (χ1n) is 4.40. The number of carbonyl (C=O) groups excluding carboxylic acids is 1. The van der Waals surface area contributed by atoms with Gasteiger partial charge in [-0.3, -0.25) is 4.79 Å². The Kier molecular flexibility index (Phi) is 2.73. The molecule has 1 heterocycles. The molecule has 1 aromatic carbocycles. The highest BCUT2D eigenvalue weighted by Crippen LogP contribution is 2.19. The van der Waals surface area contributed by atoms with E-state index in [9.17, 15) is 4.79 Å².